The van der Waals surface area contributed by atoms with Crippen molar-refractivity contribution in [1.29, 1.82) is 0 Å². The number of rotatable bonds is 5. The van der Waals surface area contributed by atoms with Gasteiger partial charge in [-0.2, -0.15) is 5.10 Å². The van der Waals surface area contributed by atoms with Crippen molar-refractivity contribution in [3.05, 3.63) is 27.8 Å². The molecule has 0 aromatic carbocycles. The molecule has 7 nitrogen and oxygen atoms in total. The molecule has 0 saturated carbocycles. The Bertz CT molecular complexity index is 617. The summed E-state index contributed by atoms with van der Waals surface area (Å²) in [6, 6.07) is 0. The summed E-state index contributed by atoms with van der Waals surface area (Å²) in [6.07, 6.45) is 1.62. The number of aromatic amines is 1. The van der Waals surface area contributed by atoms with Crippen LogP contribution in [0.15, 0.2) is 16.7 Å². The van der Waals surface area contributed by atoms with Crippen LogP contribution in [0.5, 0.6) is 0 Å². The van der Waals surface area contributed by atoms with Gasteiger partial charge in [-0.05, 0) is 6.92 Å². The summed E-state index contributed by atoms with van der Waals surface area (Å²) in [4.78, 5) is 4.71. The molecule has 0 bridgehead atoms. The molecular formula is C9H13N5O2S2. The monoisotopic (exact) mass is 287 g/mol. The lowest BCUT2D eigenvalue weighted by Crippen LogP contribution is -2.24. The van der Waals surface area contributed by atoms with E-state index in [0.29, 0.717) is 11.3 Å². The number of nitrogens with zero attached hydrogens (tertiary/aromatic N) is 2. The minimum atomic E-state index is -3.65. The highest BCUT2D eigenvalue weighted by Gasteiger charge is 2.22. The predicted molar refractivity (Wildman–Crippen MR) is 67.4 cm³/mol. The zero-order chi connectivity index (χ0) is 13.2. The van der Waals surface area contributed by atoms with Crippen LogP contribution in [0.2, 0.25) is 0 Å². The largest absolute Gasteiger partial charge is 0.326 e. The summed E-state index contributed by atoms with van der Waals surface area (Å²) < 4.78 is 26.6. The van der Waals surface area contributed by atoms with Gasteiger partial charge in [0.15, 0.2) is 5.03 Å². The molecule has 2 heterocycles. The summed E-state index contributed by atoms with van der Waals surface area (Å²) in [5.41, 5.74) is 8.34. The van der Waals surface area contributed by atoms with Gasteiger partial charge in [-0.3, -0.25) is 10.1 Å². The van der Waals surface area contributed by atoms with Crippen LogP contribution in [-0.4, -0.2) is 23.6 Å². The van der Waals surface area contributed by atoms with Crippen LogP contribution in [0.4, 0.5) is 0 Å². The third-order valence-corrected chi connectivity index (χ3v) is 4.57. The molecule has 98 valence electrons. The van der Waals surface area contributed by atoms with E-state index in [1.54, 1.807) is 18.6 Å². The second kappa shape index (κ2) is 5.14. The van der Waals surface area contributed by atoms with Crippen molar-refractivity contribution < 1.29 is 8.42 Å². The molecule has 0 fully saturated rings. The number of H-pyrrole nitrogens is 1. The van der Waals surface area contributed by atoms with Gasteiger partial charge in [0.1, 0.15) is 0 Å². The number of thiazole rings is 1. The topological polar surface area (TPSA) is 114 Å². The molecule has 0 saturated heterocycles. The second-order valence-electron chi connectivity index (χ2n) is 3.63. The molecule has 0 radical (unpaired) electrons. The molecule has 0 atom stereocenters. The van der Waals surface area contributed by atoms with E-state index in [2.05, 4.69) is 19.9 Å². The van der Waals surface area contributed by atoms with Gasteiger partial charge in [-0.1, -0.05) is 0 Å². The first kappa shape index (κ1) is 13.1. The van der Waals surface area contributed by atoms with E-state index in [-0.39, 0.29) is 18.1 Å². The Kier molecular flexibility index (Phi) is 3.76. The van der Waals surface area contributed by atoms with E-state index in [4.69, 9.17) is 5.73 Å². The van der Waals surface area contributed by atoms with Gasteiger partial charge >= 0.3 is 0 Å². The summed E-state index contributed by atoms with van der Waals surface area (Å²) in [5.74, 6) is 0. The van der Waals surface area contributed by atoms with Gasteiger partial charge in [0.2, 0.25) is 0 Å². The van der Waals surface area contributed by atoms with Crippen LogP contribution in [0.3, 0.4) is 0 Å². The summed E-state index contributed by atoms with van der Waals surface area (Å²) in [7, 11) is -3.65. The molecule has 0 aliphatic heterocycles. The van der Waals surface area contributed by atoms with Gasteiger partial charge in [0.25, 0.3) is 10.0 Å². The minimum absolute atomic E-state index is 0.0352. The maximum atomic E-state index is 12.1. The lowest BCUT2D eigenvalue weighted by atomic mass is 10.3. The highest BCUT2D eigenvalue weighted by molar-refractivity contribution is 7.89. The summed E-state index contributed by atoms with van der Waals surface area (Å²) in [6.45, 7) is 2.06. The Morgan fingerprint density at radius 3 is 2.94 bits per heavy atom. The van der Waals surface area contributed by atoms with Crippen LogP contribution in [0, 0.1) is 6.92 Å². The molecule has 2 aromatic rings. The van der Waals surface area contributed by atoms with E-state index >= 15 is 0 Å². The second-order valence-corrected chi connectivity index (χ2v) is 6.28. The standard InChI is InChI=1S/C9H13N5O2S2/c1-6-8(2-10)9(14-13-6)18(15,16)12-4-7-3-11-5-17-7/h3,5,12H,2,4,10H2,1H3,(H,13,14). The van der Waals surface area contributed by atoms with Crippen LogP contribution >= 0.6 is 11.3 Å². The third kappa shape index (κ3) is 2.58. The molecule has 0 aliphatic rings. The van der Waals surface area contributed by atoms with Crippen molar-refractivity contribution in [1.82, 2.24) is 19.9 Å². The fourth-order valence-electron chi connectivity index (χ4n) is 1.46. The number of sulfonamides is 1. The minimum Gasteiger partial charge on any atom is -0.326 e. The number of hydrogen-bond donors (Lipinski definition) is 3. The Balaban J connectivity index is 2.20. The molecule has 2 rings (SSSR count). The number of hydrogen-bond acceptors (Lipinski definition) is 6. The molecule has 18 heavy (non-hydrogen) atoms. The zero-order valence-electron chi connectivity index (χ0n) is 9.67. The van der Waals surface area contributed by atoms with Gasteiger partial charge < -0.3 is 5.73 Å². The van der Waals surface area contributed by atoms with E-state index in [9.17, 15) is 8.42 Å². The normalized spacial score (nSPS) is 11.9. The first-order valence-corrected chi connectivity index (χ1v) is 7.52. The molecule has 4 N–H and O–H groups in total. The Morgan fingerprint density at radius 1 is 1.56 bits per heavy atom. The molecular weight excluding hydrogens is 274 g/mol. The van der Waals surface area contributed by atoms with Crippen LogP contribution in [0.25, 0.3) is 0 Å². The van der Waals surface area contributed by atoms with Crippen molar-refractivity contribution in [3.63, 3.8) is 0 Å². The van der Waals surface area contributed by atoms with Crippen molar-refractivity contribution in [3.8, 4) is 0 Å². The maximum absolute atomic E-state index is 12.1. The van der Waals surface area contributed by atoms with E-state index < -0.39 is 10.0 Å². The van der Waals surface area contributed by atoms with Crippen molar-refractivity contribution in [2.75, 3.05) is 0 Å². The Morgan fingerprint density at radius 2 is 2.33 bits per heavy atom. The zero-order valence-corrected chi connectivity index (χ0v) is 11.3. The number of aryl methyl sites for hydroxylation is 1. The van der Waals surface area contributed by atoms with Gasteiger partial charge in [-0.25, -0.2) is 13.1 Å². The van der Waals surface area contributed by atoms with Crippen LogP contribution in [0.1, 0.15) is 16.1 Å². The molecule has 0 amide bonds. The quantitative estimate of drug-likeness (QED) is 0.722. The average molecular weight is 287 g/mol. The molecule has 0 aliphatic carbocycles. The van der Waals surface area contributed by atoms with E-state index in [0.717, 1.165) is 4.88 Å². The summed E-state index contributed by atoms with van der Waals surface area (Å²) >= 11 is 1.38. The lowest BCUT2D eigenvalue weighted by Gasteiger charge is -2.04. The maximum Gasteiger partial charge on any atom is 0.260 e. The fraction of sp³-hybridized carbons (Fsp3) is 0.333. The number of aromatic nitrogens is 3. The number of nitrogens with one attached hydrogen (secondary N) is 2. The SMILES string of the molecule is Cc1[nH]nc(S(=O)(=O)NCc2cncs2)c1CN. The Hall–Kier alpha value is -1.29. The molecule has 0 spiro atoms. The van der Waals surface area contributed by atoms with Gasteiger partial charge in [0.05, 0.1) is 5.51 Å². The van der Waals surface area contributed by atoms with E-state index in [1.165, 1.54) is 11.3 Å². The van der Waals surface area contributed by atoms with E-state index in [1.807, 2.05) is 0 Å². The lowest BCUT2D eigenvalue weighted by molar-refractivity contribution is 0.576. The third-order valence-electron chi connectivity index (χ3n) is 2.41. The molecule has 0 unspecified atom stereocenters. The first-order valence-electron chi connectivity index (χ1n) is 5.15. The van der Waals surface area contributed by atoms with Crippen LogP contribution < -0.4 is 10.5 Å². The summed E-state index contributed by atoms with van der Waals surface area (Å²) in [5, 5.41) is 6.38. The van der Waals surface area contributed by atoms with Gasteiger partial charge in [-0.15, -0.1) is 11.3 Å². The smallest absolute Gasteiger partial charge is 0.260 e. The average Bonchev–Trinajstić information content (AvgIpc) is 2.95. The van der Waals surface area contributed by atoms with Crippen molar-refractivity contribution in [2.24, 2.45) is 5.73 Å². The predicted octanol–water partition coefficient (Wildman–Crippen LogP) is 0.112. The van der Waals surface area contributed by atoms with Crippen molar-refractivity contribution >= 4 is 21.4 Å². The highest BCUT2D eigenvalue weighted by atomic mass is 32.2. The van der Waals surface area contributed by atoms with Crippen molar-refractivity contribution in [2.45, 2.75) is 25.0 Å². The molecule has 2 aromatic heterocycles. The van der Waals surface area contributed by atoms with Crippen LogP contribution in [-0.2, 0) is 23.1 Å². The fourth-order valence-corrected chi connectivity index (χ4v) is 3.29. The number of nitrogens with two attached hydrogens (primary N) is 1. The Labute approximate surface area is 108 Å². The van der Waals surface area contributed by atoms with Gasteiger partial charge in [0, 0.05) is 35.4 Å². The first-order chi connectivity index (χ1) is 8.54. The molecule has 9 heteroatoms. The highest BCUT2D eigenvalue weighted by Crippen LogP contribution is 2.16.